The molecule has 0 N–H and O–H groups in total. The van der Waals surface area contributed by atoms with Gasteiger partial charge < -0.3 is 9.80 Å². The molecule has 0 amide bonds. The number of rotatable bonds is 1. The summed E-state index contributed by atoms with van der Waals surface area (Å²) in [5.74, 6) is 0.983. The predicted molar refractivity (Wildman–Crippen MR) is 68.5 cm³/mol. The Balaban J connectivity index is 2.13. The highest BCUT2D eigenvalue weighted by Gasteiger charge is 2.32. The lowest BCUT2D eigenvalue weighted by Gasteiger charge is -2.26. The summed E-state index contributed by atoms with van der Waals surface area (Å²) in [6.45, 7) is 2.16. The van der Waals surface area contributed by atoms with Gasteiger partial charge in [-0.25, -0.2) is 9.97 Å². The van der Waals surface area contributed by atoms with Gasteiger partial charge in [-0.2, -0.15) is 0 Å². The van der Waals surface area contributed by atoms with Gasteiger partial charge in [0.1, 0.15) is 18.2 Å². The summed E-state index contributed by atoms with van der Waals surface area (Å²) in [5, 5.41) is 0. The Kier molecular flexibility index (Phi) is 2.21. The van der Waals surface area contributed by atoms with Gasteiger partial charge in [-0.1, -0.05) is 18.2 Å². The zero-order valence-electron chi connectivity index (χ0n) is 9.91. The molecule has 0 aliphatic carbocycles. The first-order valence-corrected chi connectivity index (χ1v) is 5.66. The van der Waals surface area contributed by atoms with Gasteiger partial charge in [-0.05, 0) is 19.1 Å². The Morgan fingerprint density at radius 3 is 2.71 bits per heavy atom. The summed E-state index contributed by atoms with van der Waals surface area (Å²) in [5.41, 5.74) is 2.23. The van der Waals surface area contributed by atoms with Crippen LogP contribution < -0.4 is 9.80 Å². The van der Waals surface area contributed by atoms with E-state index in [-0.39, 0.29) is 6.17 Å². The van der Waals surface area contributed by atoms with E-state index in [2.05, 4.69) is 45.9 Å². The summed E-state index contributed by atoms with van der Waals surface area (Å²) in [6, 6.07) is 10.3. The molecule has 17 heavy (non-hydrogen) atoms. The standard InChI is InChI=1S/C13H14N4/c1-10-16(2)13-12(8-14-9-15-13)17(10)11-6-4-3-5-7-11/h3-10H,1-2H3/t10-/m0/s1. The van der Waals surface area contributed by atoms with Crippen molar-refractivity contribution in [2.45, 2.75) is 13.1 Å². The van der Waals surface area contributed by atoms with E-state index < -0.39 is 0 Å². The minimum absolute atomic E-state index is 0.254. The molecule has 4 heteroatoms. The molecule has 0 unspecified atom stereocenters. The van der Waals surface area contributed by atoms with Crippen LogP contribution in [0.25, 0.3) is 0 Å². The van der Waals surface area contributed by atoms with Crippen LogP contribution in [-0.4, -0.2) is 23.2 Å². The summed E-state index contributed by atoms with van der Waals surface area (Å²) in [4.78, 5) is 12.9. The molecular formula is C13H14N4. The molecule has 86 valence electrons. The maximum atomic E-state index is 4.34. The Hall–Kier alpha value is -2.10. The summed E-state index contributed by atoms with van der Waals surface area (Å²) in [7, 11) is 2.06. The van der Waals surface area contributed by atoms with E-state index in [0.717, 1.165) is 11.5 Å². The van der Waals surface area contributed by atoms with Crippen molar-refractivity contribution in [2.75, 3.05) is 16.8 Å². The van der Waals surface area contributed by atoms with Gasteiger partial charge in [0.25, 0.3) is 0 Å². The average Bonchev–Trinajstić information content (AvgIpc) is 2.64. The second kappa shape index (κ2) is 3.73. The highest BCUT2D eigenvalue weighted by Crippen LogP contribution is 2.40. The molecule has 1 aliphatic heterocycles. The number of fused-ring (bicyclic) bond motifs is 1. The van der Waals surface area contributed by atoms with Crippen LogP contribution in [0.1, 0.15) is 6.92 Å². The Labute approximate surface area is 101 Å². The zero-order chi connectivity index (χ0) is 11.8. The number of para-hydroxylation sites is 1. The quantitative estimate of drug-likeness (QED) is 0.747. The number of hydrogen-bond donors (Lipinski definition) is 0. The van der Waals surface area contributed by atoms with Gasteiger partial charge in [-0.3, -0.25) is 0 Å². The highest BCUT2D eigenvalue weighted by atomic mass is 15.4. The first kappa shape index (κ1) is 10.1. The molecule has 0 fully saturated rings. The number of nitrogens with zero attached hydrogens (tertiary/aromatic N) is 4. The van der Waals surface area contributed by atoms with Crippen molar-refractivity contribution in [3.8, 4) is 0 Å². The number of aromatic nitrogens is 2. The van der Waals surface area contributed by atoms with Crippen molar-refractivity contribution < 1.29 is 0 Å². The van der Waals surface area contributed by atoms with Crippen LogP contribution in [0, 0.1) is 0 Å². The van der Waals surface area contributed by atoms with Gasteiger partial charge in [0.2, 0.25) is 0 Å². The van der Waals surface area contributed by atoms with E-state index in [4.69, 9.17) is 0 Å². The molecule has 1 aromatic heterocycles. The maximum absolute atomic E-state index is 4.34. The third kappa shape index (κ3) is 1.45. The topological polar surface area (TPSA) is 32.3 Å². The molecule has 1 aliphatic rings. The van der Waals surface area contributed by atoms with Crippen LogP contribution in [0.4, 0.5) is 17.2 Å². The molecule has 1 atom stereocenters. The monoisotopic (exact) mass is 226 g/mol. The Bertz CT molecular complexity index is 526. The third-order valence-electron chi connectivity index (χ3n) is 3.23. The number of benzene rings is 1. The van der Waals surface area contributed by atoms with Gasteiger partial charge in [-0.15, -0.1) is 0 Å². The molecular weight excluding hydrogens is 212 g/mol. The summed E-state index contributed by atoms with van der Waals surface area (Å²) >= 11 is 0. The van der Waals surface area contributed by atoms with Crippen LogP contribution in [0.2, 0.25) is 0 Å². The van der Waals surface area contributed by atoms with Crippen molar-refractivity contribution in [1.82, 2.24) is 9.97 Å². The van der Waals surface area contributed by atoms with Crippen LogP contribution in [-0.2, 0) is 0 Å². The van der Waals surface area contributed by atoms with Gasteiger partial charge in [0.15, 0.2) is 5.82 Å². The molecule has 2 aromatic rings. The van der Waals surface area contributed by atoms with Crippen molar-refractivity contribution in [3.05, 3.63) is 42.9 Å². The molecule has 4 nitrogen and oxygen atoms in total. The number of anilines is 3. The van der Waals surface area contributed by atoms with E-state index in [0.29, 0.717) is 0 Å². The van der Waals surface area contributed by atoms with Crippen LogP contribution in [0.3, 0.4) is 0 Å². The fourth-order valence-corrected chi connectivity index (χ4v) is 2.25. The fourth-order valence-electron chi connectivity index (χ4n) is 2.25. The van der Waals surface area contributed by atoms with E-state index in [1.165, 1.54) is 5.69 Å². The van der Waals surface area contributed by atoms with Crippen LogP contribution >= 0.6 is 0 Å². The molecule has 3 rings (SSSR count). The highest BCUT2D eigenvalue weighted by molar-refractivity contribution is 5.79. The minimum atomic E-state index is 0.254. The number of hydrogen-bond acceptors (Lipinski definition) is 4. The average molecular weight is 226 g/mol. The normalized spacial score (nSPS) is 18.4. The second-order valence-corrected chi connectivity index (χ2v) is 4.18. The van der Waals surface area contributed by atoms with E-state index in [1.54, 1.807) is 6.33 Å². The molecule has 2 heterocycles. The lowest BCUT2D eigenvalue weighted by Crippen LogP contribution is -2.35. The molecule has 1 aromatic carbocycles. The van der Waals surface area contributed by atoms with Crippen molar-refractivity contribution in [3.63, 3.8) is 0 Å². The van der Waals surface area contributed by atoms with E-state index in [9.17, 15) is 0 Å². The maximum Gasteiger partial charge on any atom is 0.157 e. The van der Waals surface area contributed by atoms with Crippen molar-refractivity contribution >= 4 is 17.2 Å². The Morgan fingerprint density at radius 1 is 1.18 bits per heavy atom. The van der Waals surface area contributed by atoms with E-state index >= 15 is 0 Å². The SMILES string of the molecule is C[C@H]1N(C)c2ncncc2N1c1ccccc1. The van der Waals surface area contributed by atoms with Crippen molar-refractivity contribution in [1.29, 1.82) is 0 Å². The molecule has 0 radical (unpaired) electrons. The summed E-state index contributed by atoms with van der Waals surface area (Å²) < 4.78 is 0. The fraction of sp³-hybridized carbons (Fsp3) is 0.231. The van der Waals surface area contributed by atoms with E-state index in [1.807, 2.05) is 24.4 Å². The largest absolute Gasteiger partial charge is 0.337 e. The minimum Gasteiger partial charge on any atom is -0.337 e. The summed E-state index contributed by atoms with van der Waals surface area (Å²) in [6.07, 6.45) is 3.72. The van der Waals surface area contributed by atoms with Crippen LogP contribution in [0.15, 0.2) is 42.9 Å². The van der Waals surface area contributed by atoms with Crippen LogP contribution in [0.5, 0.6) is 0 Å². The van der Waals surface area contributed by atoms with Crippen molar-refractivity contribution in [2.24, 2.45) is 0 Å². The second-order valence-electron chi connectivity index (χ2n) is 4.18. The molecule has 0 saturated carbocycles. The van der Waals surface area contributed by atoms with Gasteiger partial charge in [0.05, 0.1) is 6.20 Å². The van der Waals surface area contributed by atoms with Gasteiger partial charge >= 0.3 is 0 Å². The predicted octanol–water partition coefficient (Wildman–Crippen LogP) is 2.41. The lowest BCUT2D eigenvalue weighted by atomic mass is 10.2. The molecule has 0 saturated heterocycles. The lowest BCUT2D eigenvalue weighted by molar-refractivity contribution is 0.729. The zero-order valence-corrected chi connectivity index (χ0v) is 9.91. The molecule has 0 bridgehead atoms. The first-order valence-electron chi connectivity index (χ1n) is 5.66. The third-order valence-corrected chi connectivity index (χ3v) is 3.23. The smallest absolute Gasteiger partial charge is 0.157 e. The Morgan fingerprint density at radius 2 is 1.94 bits per heavy atom. The first-order chi connectivity index (χ1) is 8.29. The van der Waals surface area contributed by atoms with Gasteiger partial charge in [0, 0.05) is 12.7 Å². The molecule has 0 spiro atoms.